The van der Waals surface area contributed by atoms with Crippen LogP contribution >= 0.6 is 0 Å². The van der Waals surface area contributed by atoms with E-state index in [0.717, 1.165) is 5.82 Å². The van der Waals surface area contributed by atoms with E-state index < -0.39 is 0 Å². The van der Waals surface area contributed by atoms with Gasteiger partial charge in [-0.3, -0.25) is 0 Å². The number of rotatable bonds is 14. The molecule has 0 bridgehead atoms. The number of nitrogens with one attached hydrogen (secondary N) is 1. The number of hydrogen-bond donors (Lipinski definition) is 1. The summed E-state index contributed by atoms with van der Waals surface area (Å²) >= 11 is 0. The Morgan fingerprint density at radius 2 is 1.18 bits per heavy atom. The standard InChI is InChI=1S/C20H38N2/c1-4-6-8-10-12-14-16-19-20(22-18(3)21-19)17-15-13-11-9-7-5-2/h4-17H2,1-3H3,(H,21,22). The van der Waals surface area contributed by atoms with Crippen molar-refractivity contribution < 1.29 is 0 Å². The second-order valence-corrected chi connectivity index (χ2v) is 6.78. The monoisotopic (exact) mass is 306 g/mol. The van der Waals surface area contributed by atoms with Crippen LogP contribution in [0.4, 0.5) is 0 Å². The summed E-state index contributed by atoms with van der Waals surface area (Å²) in [6.45, 7) is 6.65. The zero-order chi connectivity index (χ0) is 16.0. The average molecular weight is 307 g/mol. The van der Waals surface area contributed by atoms with Crippen LogP contribution in [0.15, 0.2) is 0 Å². The van der Waals surface area contributed by atoms with Gasteiger partial charge in [0.05, 0.1) is 5.69 Å². The van der Waals surface area contributed by atoms with Gasteiger partial charge in [-0.15, -0.1) is 0 Å². The molecule has 1 N–H and O–H groups in total. The van der Waals surface area contributed by atoms with E-state index in [4.69, 9.17) is 4.98 Å². The van der Waals surface area contributed by atoms with Crippen LogP contribution in [0.2, 0.25) is 0 Å². The number of aromatic nitrogens is 2. The minimum absolute atomic E-state index is 1.10. The first-order valence-electron chi connectivity index (χ1n) is 9.82. The average Bonchev–Trinajstić information content (AvgIpc) is 2.86. The third-order valence-electron chi connectivity index (χ3n) is 4.53. The zero-order valence-electron chi connectivity index (χ0n) is 15.3. The largest absolute Gasteiger partial charge is 0.346 e. The molecule has 2 heteroatoms. The van der Waals surface area contributed by atoms with Gasteiger partial charge in [-0.1, -0.05) is 78.1 Å². The normalized spacial score (nSPS) is 11.2. The molecular formula is C20H38N2. The third-order valence-corrected chi connectivity index (χ3v) is 4.53. The summed E-state index contributed by atoms with van der Waals surface area (Å²) in [6, 6.07) is 0. The third kappa shape index (κ3) is 8.60. The lowest BCUT2D eigenvalue weighted by molar-refractivity contribution is 0.595. The van der Waals surface area contributed by atoms with Crippen LogP contribution in [0.3, 0.4) is 0 Å². The van der Waals surface area contributed by atoms with Gasteiger partial charge in [0, 0.05) is 5.69 Å². The first-order chi connectivity index (χ1) is 10.8. The highest BCUT2D eigenvalue weighted by Crippen LogP contribution is 2.15. The second kappa shape index (κ2) is 12.7. The summed E-state index contributed by atoms with van der Waals surface area (Å²) in [4.78, 5) is 8.21. The van der Waals surface area contributed by atoms with Crippen LogP contribution in [0.25, 0.3) is 0 Å². The fourth-order valence-electron chi connectivity index (χ4n) is 3.16. The predicted octanol–water partition coefficient (Wildman–Crippen LogP) is 6.52. The highest BCUT2D eigenvalue weighted by molar-refractivity contribution is 5.14. The molecule has 0 spiro atoms. The number of unbranched alkanes of at least 4 members (excludes halogenated alkanes) is 10. The first kappa shape index (κ1) is 19.3. The van der Waals surface area contributed by atoms with Gasteiger partial charge in [0.15, 0.2) is 0 Å². The molecule has 0 radical (unpaired) electrons. The molecule has 0 amide bonds. The van der Waals surface area contributed by atoms with Crippen molar-refractivity contribution in [3.05, 3.63) is 17.2 Å². The molecular weight excluding hydrogens is 268 g/mol. The van der Waals surface area contributed by atoms with Crippen molar-refractivity contribution in [1.29, 1.82) is 0 Å². The fraction of sp³-hybridized carbons (Fsp3) is 0.850. The molecule has 0 saturated carbocycles. The van der Waals surface area contributed by atoms with E-state index in [1.165, 1.54) is 101 Å². The van der Waals surface area contributed by atoms with Gasteiger partial charge in [-0.05, 0) is 32.6 Å². The van der Waals surface area contributed by atoms with E-state index in [1.807, 2.05) is 0 Å². The fourth-order valence-corrected chi connectivity index (χ4v) is 3.16. The Labute approximate surface area is 138 Å². The molecule has 2 nitrogen and oxygen atoms in total. The Morgan fingerprint density at radius 3 is 1.77 bits per heavy atom. The van der Waals surface area contributed by atoms with Crippen LogP contribution in [0.5, 0.6) is 0 Å². The molecule has 0 unspecified atom stereocenters. The summed E-state index contributed by atoms with van der Waals surface area (Å²) in [5.74, 6) is 1.10. The maximum atomic E-state index is 4.72. The Morgan fingerprint density at radius 1 is 0.682 bits per heavy atom. The lowest BCUT2D eigenvalue weighted by Crippen LogP contribution is -1.95. The van der Waals surface area contributed by atoms with Crippen LogP contribution in [-0.2, 0) is 12.8 Å². The van der Waals surface area contributed by atoms with Gasteiger partial charge in [0.25, 0.3) is 0 Å². The van der Waals surface area contributed by atoms with Crippen molar-refractivity contribution in [2.75, 3.05) is 0 Å². The van der Waals surface area contributed by atoms with Gasteiger partial charge < -0.3 is 4.98 Å². The van der Waals surface area contributed by atoms with Crippen molar-refractivity contribution in [2.24, 2.45) is 0 Å². The topological polar surface area (TPSA) is 28.7 Å². The molecule has 0 aromatic carbocycles. The molecule has 0 aliphatic carbocycles. The number of H-pyrrole nitrogens is 1. The summed E-state index contributed by atoms with van der Waals surface area (Å²) in [6.07, 6.45) is 18.8. The SMILES string of the molecule is CCCCCCCCc1nc(C)[nH]c1CCCCCCCC. The van der Waals surface area contributed by atoms with E-state index >= 15 is 0 Å². The number of nitrogens with zero attached hydrogens (tertiary/aromatic N) is 1. The smallest absolute Gasteiger partial charge is 0.103 e. The number of hydrogen-bond acceptors (Lipinski definition) is 1. The molecule has 0 aliphatic rings. The van der Waals surface area contributed by atoms with Crippen LogP contribution in [0, 0.1) is 6.92 Å². The van der Waals surface area contributed by atoms with Crippen molar-refractivity contribution in [2.45, 2.75) is 111 Å². The first-order valence-corrected chi connectivity index (χ1v) is 9.82. The Kier molecular flexibility index (Phi) is 11.1. The number of aryl methyl sites for hydroxylation is 3. The quantitative estimate of drug-likeness (QED) is 0.389. The van der Waals surface area contributed by atoms with E-state index in [2.05, 4.69) is 25.8 Å². The highest BCUT2D eigenvalue weighted by Gasteiger charge is 2.07. The Hall–Kier alpha value is -0.790. The minimum Gasteiger partial charge on any atom is -0.346 e. The molecule has 0 saturated heterocycles. The molecule has 0 atom stereocenters. The minimum atomic E-state index is 1.10. The summed E-state index contributed by atoms with van der Waals surface area (Å²) in [5.41, 5.74) is 2.77. The molecule has 1 rings (SSSR count). The summed E-state index contributed by atoms with van der Waals surface area (Å²) < 4.78 is 0. The lowest BCUT2D eigenvalue weighted by Gasteiger charge is -2.04. The maximum Gasteiger partial charge on any atom is 0.103 e. The van der Waals surface area contributed by atoms with Crippen molar-refractivity contribution in [3.63, 3.8) is 0 Å². The summed E-state index contributed by atoms with van der Waals surface area (Å²) in [7, 11) is 0. The van der Waals surface area contributed by atoms with E-state index in [-0.39, 0.29) is 0 Å². The number of aromatic amines is 1. The van der Waals surface area contributed by atoms with Gasteiger partial charge >= 0.3 is 0 Å². The molecule has 128 valence electrons. The molecule has 1 aromatic rings. The van der Waals surface area contributed by atoms with E-state index in [1.54, 1.807) is 0 Å². The molecule has 0 fully saturated rings. The van der Waals surface area contributed by atoms with Crippen molar-refractivity contribution in [1.82, 2.24) is 9.97 Å². The zero-order valence-corrected chi connectivity index (χ0v) is 15.3. The van der Waals surface area contributed by atoms with Crippen LogP contribution < -0.4 is 0 Å². The molecule has 1 heterocycles. The Bertz CT molecular complexity index is 334. The van der Waals surface area contributed by atoms with Crippen LogP contribution in [-0.4, -0.2) is 9.97 Å². The molecule has 22 heavy (non-hydrogen) atoms. The molecule has 0 aliphatic heterocycles. The van der Waals surface area contributed by atoms with Gasteiger partial charge in [0.1, 0.15) is 5.82 Å². The van der Waals surface area contributed by atoms with Gasteiger partial charge in [-0.2, -0.15) is 0 Å². The van der Waals surface area contributed by atoms with E-state index in [9.17, 15) is 0 Å². The highest BCUT2D eigenvalue weighted by atomic mass is 14.9. The van der Waals surface area contributed by atoms with Crippen molar-refractivity contribution >= 4 is 0 Å². The van der Waals surface area contributed by atoms with Crippen molar-refractivity contribution in [3.8, 4) is 0 Å². The van der Waals surface area contributed by atoms with Gasteiger partial charge in [0.2, 0.25) is 0 Å². The lowest BCUT2D eigenvalue weighted by atomic mass is 10.0. The second-order valence-electron chi connectivity index (χ2n) is 6.78. The maximum absolute atomic E-state index is 4.72. The van der Waals surface area contributed by atoms with Gasteiger partial charge in [-0.25, -0.2) is 4.98 Å². The van der Waals surface area contributed by atoms with E-state index in [0.29, 0.717) is 0 Å². The van der Waals surface area contributed by atoms with Crippen LogP contribution in [0.1, 0.15) is 108 Å². The molecule has 1 aromatic heterocycles. The predicted molar refractivity (Wildman–Crippen MR) is 97.5 cm³/mol. The number of imidazole rings is 1. The summed E-state index contributed by atoms with van der Waals surface area (Å²) in [5, 5.41) is 0. The Balaban J connectivity index is 2.20.